The smallest absolute Gasteiger partial charge is 0.295 e. The lowest BCUT2D eigenvalue weighted by molar-refractivity contribution is -0.143. The molecule has 0 radical (unpaired) electrons. The summed E-state index contributed by atoms with van der Waals surface area (Å²) in [4.78, 5) is 17.9. The zero-order valence-corrected chi connectivity index (χ0v) is 12.3. The number of likely N-dealkylation sites (N-methyl/N-ethyl adjacent to an activating group) is 1. The molecule has 0 aromatic heterocycles. The molecule has 2 heterocycles. The highest BCUT2D eigenvalue weighted by molar-refractivity contribution is 6.20. The van der Waals surface area contributed by atoms with Crippen LogP contribution in [0, 0.1) is 0 Å². The Hall–Kier alpha value is -2.37. The van der Waals surface area contributed by atoms with E-state index in [1.54, 1.807) is 14.2 Å². The molecule has 1 atom stereocenters. The lowest BCUT2D eigenvalue weighted by Gasteiger charge is -2.19. The third-order valence-corrected chi connectivity index (χ3v) is 3.86. The van der Waals surface area contributed by atoms with Crippen molar-refractivity contribution < 1.29 is 14.4 Å². The third kappa shape index (κ3) is 1.98. The summed E-state index contributed by atoms with van der Waals surface area (Å²) in [5, 5.41) is 9.73. The first-order chi connectivity index (χ1) is 10.1. The molecule has 21 heavy (non-hydrogen) atoms. The Bertz CT molecular complexity index is 636. The Balaban J connectivity index is 1.87. The maximum atomic E-state index is 12.4. The van der Waals surface area contributed by atoms with Gasteiger partial charge in [-0.3, -0.25) is 4.79 Å². The van der Waals surface area contributed by atoms with Gasteiger partial charge >= 0.3 is 0 Å². The highest BCUT2D eigenvalue weighted by atomic mass is 16.7. The fourth-order valence-corrected chi connectivity index (χ4v) is 2.69. The van der Waals surface area contributed by atoms with E-state index in [4.69, 9.17) is 9.57 Å². The van der Waals surface area contributed by atoms with Crippen molar-refractivity contribution in [3.63, 3.8) is 0 Å². The van der Waals surface area contributed by atoms with Gasteiger partial charge in [0.05, 0.1) is 25.0 Å². The number of amides is 1. The van der Waals surface area contributed by atoms with Gasteiger partial charge in [0.25, 0.3) is 11.5 Å². The van der Waals surface area contributed by atoms with Gasteiger partial charge in [-0.05, 0) is 36.2 Å². The fourth-order valence-electron chi connectivity index (χ4n) is 2.69. The predicted octanol–water partition coefficient (Wildman–Crippen LogP) is 1.80. The lowest BCUT2D eigenvalue weighted by atomic mass is 9.88. The molecule has 2 aliphatic rings. The SMILES string of the molecule is CCC1=NN(C)C(=O)C12CC(c1ccc(OC)cc1)=NO2. The van der Waals surface area contributed by atoms with Gasteiger partial charge < -0.3 is 9.57 Å². The summed E-state index contributed by atoms with van der Waals surface area (Å²) in [6.45, 7) is 1.96. The number of oxime groups is 1. The van der Waals surface area contributed by atoms with E-state index in [1.807, 2.05) is 31.2 Å². The van der Waals surface area contributed by atoms with Crippen molar-refractivity contribution in [2.24, 2.45) is 10.3 Å². The second kappa shape index (κ2) is 4.87. The minimum Gasteiger partial charge on any atom is -0.497 e. The minimum absolute atomic E-state index is 0.161. The van der Waals surface area contributed by atoms with E-state index in [9.17, 15) is 4.79 Å². The molecule has 2 aliphatic heterocycles. The first-order valence-electron chi connectivity index (χ1n) is 6.86. The largest absolute Gasteiger partial charge is 0.497 e. The highest BCUT2D eigenvalue weighted by Crippen LogP contribution is 2.35. The number of hydrazone groups is 1. The van der Waals surface area contributed by atoms with Gasteiger partial charge in [-0.2, -0.15) is 5.10 Å². The van der Waals surface area contributed by atoms with Gasteiger partial charge in [0, 0.05) is 7.05 Å². The summed E-state index contributed by atoms with van der Waals surface area (Å²) in [5.41, 5.74) is 1.36. The maximum Gasteiger partial charge on any atom is 0.295 e. The molecular formula is C15H17N3O3. The predicted molar refractivity (Wildman–Crippen MR) is 78.5 cm³/mol. The topological polar surface area (TPSA) is 63.5 Å². The molecule has 0 fully saturated rings. The normalized spacial score (nSPS) is 24.1. The number of hydrogen-bond donors (Lipinski definition) is 0. The number of benzene rings is 1. The third-order valence-electron chi connectivity index (χ3n) is 3.86. The van der Waals surface area contributed by atoms with Crippen LogP contribution in [0.25, 0.3) is 0 Å². The Morgan fingerprint density at radius 2 is 2.10 bits per heavy atom. The number of nitrogens with zero attached hydrogens (tertiary/aromatic N) is 3. The van der Waals surface area contributed by atoms with Crippen molar-refractivity contribution in [3.05, 3.63) is 29.8 Å². The van der Waals surface area contributed by atoms with Crippen LogP contribution in [-0.4, -0.2) is 42.1 Å². The van der Waals surface area contributed by atoms with Crippen molar-refractivity contribution in [1.82, 2.24) is 5.01 Å². The summed E-state index contributed by atoms with van der Waals surface area (Å²) in [7, 11) is 3.26. The Morgan fingerprint density at radius 3 is 2.71 bits per heavy atom. The van der Waals surface area contributed by atoms with Gasteiger partial charge in [0.15, 0.2) is 0 Å². The standard InChI is InChI=1S/C15H17N3O3/c1-4-13-15(14(19)18(2)16-13)9-12(17-21-15)10-5-7-11(20-3)8-6-10/h5-8H,4,9H2,1-3H3. The number of methoxy groups -OCH3 is 1. The zero-order chi connectivity index (χ0) is 15.0. The van der Waals surface area contributed by atoms with Crippen molar-refractivity contribution >= 4 is 17.3 Å². The molecule has 1 aromatic rings. The monoisotopic (exact) mass is 287 g/mol. The number of ether oxygens (including phenoxy) is 1. The van der Waals surface area contributed by atoms with Crippen LogP contribution in [0.15, 0.2) is 34.5 Å². The molecule has 0 aliphatic carbocycles. The van der Waals surface area contributed by atoms with Crippen LogP contribution in [0.3, 0.4) is 0 Å². The average Bonchev–Trinajstić information content (AvgIpc) is 3.06. The quantitative estimate of drug-likeness (QED) is 0.851. The summed E-state index contributed by atoms with van der Waals surface area (Å²) in [6.07, 6.45) is 1.07. The number of hydrogen-bond acceptors (Lipinski definition) is 5. The van der Waals surface area contributed by atoms with Gasteiger partial charge in [-0.15, -0.1) is 0 Å². The Labute approximate surface area is 123 Å². The van der Waals surface area contributed by atoms with Crippen LogP contribution >= 0.6 is 0 Å². The van der Waals surface area contributed by atoms with Crippen LogP contribution in [0.1, 0.15) is 25.3 Å². The molecule has 3 rings (SSSR count). The molecule has 0 N–H and O–H groups in total. The Morgan fingerprint density at radius 1 is 1.38 bits per heavy atom. The first-order valence-corrected chi connectivity index (χ1v) is 6.86. The van der Waals surface area contributed by atoms with Gasteiger partial charge in [0.2, 0.25) is 0 Å². The lowest BCUT2D eigenvalue weighted by Crippen LogP contribution is -2.45. The van der Waals surface area contributed by atoms with Crippen LogP contribution < -0.4 is 4.74 Å². The number of carbonyl (C=O) groups excluding carboxylic acids is 1. The van der Waals surface area contributed by atoms with E-state index in [2.05, 4.69) is 10.3 Å². The van der Waals surface area contributed by atoms with Crippen LogP contribution in [0.5, 0.6) is 5.75 Å². The number of rotatable bonds is 3. The molecular weight excluding hydrogens is 270 g/mol. The molecule has 1 aromatic carbocycles. The fraction of sp³-hybridized carbons (Fsp3) is 0.400. The second-order valence-corrected chi connectivity index (χ2v) is 5.09. The second-order valence-electron chi connectivity index (χ2n) is 5.09. The average molecular weight is 287 g/mol. The molecule has 1 unspecified atom stereocenters. The summed E-state index contributed by atoms with van der Waals surface area (Å²) < 4.78 is 5.14. The van der Waals surface area contributed by atoms with E-state index < -0.39 is 5.60 Å². The minimum atomic E-state index is -1.04. The first kappa shape index (κ1) is 13.6. The molecule has 110 valence electrons. The molecule has 0 bridgehead atoms. The van der Waals surface area contributed by atoms with E-state index in [1.165, 1.54) is 5.01 Å². The van der Waals surface area contributed by atoms with E-state index >= 15 is 0 Å². The molecule has 6 nitrogen and oxygen atoms in total. The van der Waals surface area contributed by atoms with E-state index in [-0.39, 0.29) is 5.91 Å². The maximum absolute atomic E-state index is 12.4. The molecule has 0 saturated heterocycles. The molecule has 1 amide bonds. The van der Waals surface area contributed by atoms with Gasteiger partial charge in [-0.1, -0.05) is 12.1 Å². The van der Waals surface area contributed by atoms with Crippen molar-refractivity contribution in [3.8, 4) is 5.75 Å². The summed E-state index contributed by atoms with van der Waals surface area (Å²) in [6, 6.07) is 7.54. The van der Waals surface area contributed by atoms with Crippen molar-refractivity contribution in [1.29, 1.82) is 0 Å². The van der Waals surface area contributed by atoms with E-state index in [0.717, 1.165) is 22.7 Å². The van der Waals surface area contributed by atoms with Crippen LogP contribution in [0.4, 0.5) is 0 Å². The summed E-state index contributed by atoms with van der Waals surface area (Å²) in [5.74, 6) is 0.618. The molecule has 6 heteroatoms. The number of carbonyl (C=O) groups is 1. The van der Waals surface area contributed by atoms with E-state index in [0.29, 0.717) is 12.8 Å². The zero-order valence-electron chi connectivity index (χ0n) is 12.3. The Kier molecular flexibility index (Phi) is 3.16. The van der Waals surface area contributed by atoms with Crippen molar-refractivity contribution in [2.45, 2.75) is 25.4 Å². The van der Waals surface area contributed by atoms with Crippen LogP contribution in [0.2, 0.25) is 0 Å². The molecule has 0 saturated carbocycles. The molecule has 1 spiro atoms. The highest BCUT2D eigenvalue weighted by Gasteiger charge is 2.55. The van der Waals surface area contributed by atoms with Crippen molar-refractivity contribution in [2.75, 3.05) is 14.2 Å². The van der Waals surface area contributed by atoms with Gasteiger partial charge in [0.1, 0.15) is 5.75 Å². The summed E-state index contributed by atoms with van der Waals surface area (Å²) >= 11 is 0. The van der Waals surface area contributed by atoms with Gasteiger partial charge in [-0.25, -0.2) is 5.01 Å². The van der Waals surface area contributed by atoms with Crippen LogP contribution in [-0.2, 0) is 9.63 Å².